The first-order valence-electron chi connectivity index (χ1n) is 7.89. The van der Waals surface area contributed by atoms with Crippen LogP contribution >= 0.6 is 0 Å². The molecule has 1 heterocycles. The summed E-state index contributed by atoms with van der Waals surface area (Å²) in [5.74, 6) is 0.695. The molecule has 0 fully saturated rings. The minimum absolute atomic E-state index is 0.183. The average Bonchev–Trinajstić information content (AvgIpc) is 2.97. The van der Waals surface area contributed by atoms with Gasteiger partial charge in [-0.1, -0.05) is 42.5 Å². The molecule has 5 nitrogen and oxygen atoms in total. The topological polar surface area (TPSA) is 50.3 Å². The maximum atomic E-state index is 12.4. The van der Waals surface area contributed by atoms with Crippen molar-refractivity contribution in [2.75, 3.05) is 27.2 Å². The Hall–Kier alpha value is -2.79. The van der Waals surface area contributed by atoms with Gasteiger partial charge in [-0.25, -0.2) is 4.79 Å². The van der Waals surface area contributed by atoms with E-state index in [4.69, 9.17) is 4.74 Å². The molecule has 124 valence electrons. The SMILES string of the molecule is CN(C)CCOc1ccccc1-n1cc(-c2ccccc2)[nH]c1=O. The second kappa shape index (κ2) is 7.19. The van der Waals surface area contributed by atoms with Crippen molar-refractivity contribution in [3.05, 3.63) is 71.3 Å². The summed E-state index contributed by atoms with van der Waals surface area (Å²) in [5, 5.41) is 0. The van der Waals surface area contributed by atoms with Gasteiger partial charge in [-0.3, -0.25) is 4.57 Å². The molecule has 0 unspecified atom stereocenters. The number of hydrogen-bond donors (Lipinski definition) is 1. The molecule has 0 aliphatic heterocycles. The summed E-state index contributed by atoms with van der Waals surface area (Å²) in [6.07, 6.45) is 1.81. The van der Waals surface area contributed by atoms with E-state index in [0.717, 1.165) is 23.5 Å². The third kappa shape index (κ3) is 3.58. The Bertz CT molecular complexity index is 850. The van der Waals surface area contributed by atoms with E-state index in [1.807, 2.05) is 74.9 Å². The molecule has 3 aromatic rings. The molecular formula is C19H21N3O2. The van der Waals surface area contributed by atoms with E-state index in [9.17, 15) is 4.79 Å². The van der Waals surface area contributed by atoms with Gasteiger partial charge in [0.1, 0.15) is 12.4 Å². The smallest absolute Gasteiger partial charge is 0.330 e. The third-order valence-corrected chi connectivity index (χ3v) is 3.72. The van der Waals surface area contributed by atoms with Crippen molar-refractivity contribution >= 4 is 0 Å². The number of likely N-dealkylation sites (N-methyl/N-ethyl adjacent to an activating group) is 1. The minimum Gasteiger partial charge on any atom is -0.490 e. The first-order chi connectivity index (χ1) is 11.6. The Labute approximate surface area is 141 Å². The predicted molar refractivity (Wildman–Crippen MR) is 95.9 cm³/mol. The van der Waals surface area contributed by atoms with Crippen molar-refractivity contribution in [1.29, 1.82) is 0 Å². The van der Waals surface area contributed by atoms with Gasteiger partial charge < -0.3 is 14.6 Å². The Morgan fingerprint density at radius 1 is 1.04 bits per heavy atom. The number of nitrogens with one attached hydrogen (secondary N) is 1. The van der Waals surface area contributed by atoms with E-state index < -0.39 is 0 Å². The number of ether oxygens (including phenoxy) is 1. The molecule has 3 rings (SSSR count). The van der Waals surface area contributed by atoms with Crippen LogP contribution in [-0.2, 0) is 0 Å². The van der Waals surface area contributed by atoms with Gasteiger partial charge in [-0.2, -0.15) is 0 Å². The van der Waals surface area contributed by atoms with E-state index in [1.165, 1.54) is 0 Å². The van der Waals surface area contributed by atoms with Gasteiger partial charge >= 0.3 is 5.69 Å². The van der Waals surface area contributed by atoms with Crippen molar-refractivity contribution in [3.63, 3.8) is 0 Å². The first kappa shape index (κ1) is 16.1. The van der Waals surface area contributed by atoms with E-state index >= 15 is 0 Å². The van der Waals surface area contributed by atoms with Crippen LogP contribution in [0.3, 0.4) is 0 Å². The van der Waals surface area contributed by atoms with E-state index in [-0.39, 0.29) is 5.69 Å². The number of aromatic amines is 1. The van der Waals surface area contributed by atoms with Gasteiger partial charge in [0.05, 0.1) is 11.4 Å². The summed E-state index contributed by atoms with van der Waals surface area (Å²) in [5.41, 5.74) is 2.31. The molecule has 0 saturated heterocycles. The Kier molecular flexibility index (Phi) is 4.82. The summed E-state index contributed by atoms with van der Waals surface area (Å²) in [6, 6.07) is 17.4. The first-order valence-corrected chi connectivity index (χ1v) is 7.89. The molecule has 5 heteroatoms. The highest BCUT2D eigenvalue weighted by atomic mass is 16.5. The van der Waals surface area contributed by atoms with Crippen LogP contribution in [0.1, 0.15) is 0 Å². The van der Waals surface area contributed by atoms with Gasteiger partial charge in [0.25, 0.3) is 0 Å². The number of imidazole rings is 1. The summed E-state index contributed by atoms with van der Waals surface area (Å²) >= 11 is 0. The molecule has 2 aromatic carbocycles. The Morgan fingerprint density at radius 2 is 1.75 bits per heavy atom. The summed E-state index contributed by atoms with van der Waals surface area (Å²) in [6.45, 7) is 1.38. The third-order valence-electron chi connectivity index (χ3n) is 3.72. The fraction of sp³-hybridized carbons (Fsp3) is 0.211. The van der Waals surface area contributed by atoms with Crippen molar-refractivity contribution in [3.8, 4) is 22.7 Å². The summed E-state index contributed by atoms with van der Waals surface area (Å²) in [7, 11) is 4.00. The van der Waals surface area contributed by atoms with Crippen LogP contribution in [0, 0.1) is 0 Å². The number of rotatable bonds is 6. The fourth-order valence-electron chi connectivity index (χ4n) is 2.46. The molecule has 0 spiro atoms. The molecule has 0 saturated carbocycles. The molecule has 0 radical (unpaired) electrons. The molecule has 0 atom stereocenters. The zero-order valence-electron chi connectivity index (χ0n) is 13.9. The van der Waals surface area contributed by atoms with Gasteiger partial charge in [-0.15, -0.1) is 0 Å². The minimum atomic E-state index is -0.183. The number of nitrogens with zero attached hydrogens (tertiary/aromatic N) is 2. The van der Waals surface area contributed by atoms with Crippen molar-refractivity contribution in [2.24, 2.45) is 0 Å². The average molecular weight is 323 g/mol. The standard InChI is InChI=1S/C19H21N3O2/c1-21(2)12-13-24-18-11-7-6-10-17(18)22-14-16(20-19(22)23)15-8-4-3-5-9-15/h3-11,14H,12-13H2,1-2H3,(H,20,23). The quantitative estimate of drug-likeness (QED) is 0.759. The van der Waals surface area contributed by atoms with Crippen LogP contribution in [0.25, 0.3) is 16.9 Å². The summed E-state index contributed by atoms with van der Waals surface area (Å²) < 4.78 is 7.45. The molecule has 1 aromatic heterocycles. The molecular weight excluding hydrogens is 302 g/mol. The normalized spacial score (nSPS) is 11.0. The lowest BCUT2D eigenvalue weighted by Crippen LogP contribution is -2.20. The number of H-pyrrole nitrogens is 1. The fourth-order valence-corrected chi connectivity index (χ4v) is 2.46. The highest BCUT2D eigenvalue weighted by molar-refractivity contribution is 5.59. The van der Waals surface area contributed by atoms with Gasteiger partial charge in [0.15, 0.2) is 0 Å². The number of para-hydroxylation sites is 2. The highest BCUT2D eigenvalue weighted by Crippen LogP contribution is 2.23. The maximum Gasteiger partial charge on any atom is 0.330 e. The second-order valence-electron chi connectivity index (χ2n) is 5.83. The van der Waals surface area contributed by atoms with Crippen LogP contribution in [0.15, 0.2) is 65.6 Å². The molecule has 0 aliphatic carbocycles. The lowest BCUT2D eigenvalue weighted by molar-refractivity contribution is 0.261. The van der Waals surface area contributed by atoms with Crippen LogP contribution < -0.4 is 10.4 Å². The Balaban J connectivity index is 1.92. The monoisotopic (exact) mass is 323 g/mol. The lowest BCUT2D eigenvalue weighted by atomic mass is 10.2. The molecule has 0 aliphatic rings. The van der Waals surface area contributed by atoms with Crippen LogP contribution in [0.4, 0.5) is 0 Å². The molecule has 0 amide bonds. The van der Waals surface area contributed by atoms with Gasteiger partial charge in [0.2, 0.25) is 0 Å². The molecule has 1 N–H and O–H groups in total. The predicted octanol–water partition coefficient (Wildman–Crippen LogP) is 2.77. The largest absolute Gasteiger partial charge is 0.490 e. The number of hydrogen-bond acceptors (Lipinski definition) is 3. The van der Waals surface area contributed by atoms with Crippen molar-refractivity contribution in [1.82, 2.24) is 14.5 Å². The zero-order valence-corrected chi connectivity index (χ0v) is 13.9. The van der Waals surface area contributed by atoms with Crippen molar-refractivity contribution < 1.29 is 4.74 Å². The maximum absolute atomic E-state index is 12.4. The lowest BCUT2D eigenvalue weighted by Gasteiger charge is -2.13. The number of benzene rings is 2. The molecule has 24 heavy (non-hydrogen) atoms. The van der Waals surface area contributed by atoms with Crippen molar-refractivity contribution in [2.45, 2.75) is 0 Å². The number of aromatic nitrogens is 2. The molecule has 0 bridgehead atoms. The van der Waals surface area contributed by atoms with Crippen LogP contribution in [0.5, 0.6) is 5.75 Å². The summed E-state index contributed by atoms with van der Waals surface area (Å²) in [4.78, 5) is 17.4. The van der Waals surface area contributed by atoms with Gasteiger partial charge in [-0.05, 0) is 31.8 Å². The van der Waals surface area contributed by atoms with E-state index in [2.05, 4.69) is 9.88 Å². The van der Waals surface area contributed by atoms with Gasteiger partial charge in [0, 0.05) is 12.7 Å². The highest BCUT2D eigenvalue weighted by Gasteiger charge is 2.11. The van der Waals surface area contributed by atoms with E-state index in [1.54, 1.807) is 4.57 Å². The van der Waals surface area contributed by atoms with Crippen LogP contribution in [-0.4, -0.2) is 41.7 Å². The zero-order chi connectivity index (χ0) is 16.9. The second-order valence-corrected chi connectivity index (χ2v) is 5.83. The van der Waals surface area contributed by atoms with E-state index in [0.29, 0.717) is 12.4 Å². The Morgan fingerprint density at radius 3 is 2.50 bits per heavy atom. The van der Waals surface area contributed by atoms with Crippen LogP contribution in [0.2, 0.25) is 0 Å².